The van der Waals surface area contributed by atoms with Gasteiger partial charge in [-0.05, 0) is 37.6 Å². The minimum absolute atomic E-state index is 0.146. The van der Waals surface area contributed by atoms with E-state index in [2.05, 4.69) is 10.3 Å². The van der Waals surface area contributed by atoms with Crippen molar-refractivity contribution < 1.29 is 9.21 Å². The number of carbonyl (C=O) groups is 1. The van der Waals surface area contributed by atoms with Crippen LogP contribution in [0, 0.1) is 13.8 Å². The molecule has 2 heterocycles. The molecule has 1 amide bonds. The normalized spacial score (nSPS) is 10.8. The molecule has 0 radical (unpaired) electrons. The second kappa shape index (κ2) is 7.12. The Labute approximate surface area is 161 Å². The zero-order valence-electron chi connectivity index (χ0n) is 15.5. The van der Waals surface area contributed by atoms with Gasteiger partial charge in [-0.25, -0.2) is 0 Å². The second-order valence-electron chi connectivity index (χ2n) is 6.58. The number of carbonyl (C=O) groups excluding carboxylic acids is 1. The molecule has 28 heavy (non-hydrogen) atoms. The van der Waals surface area contributed by atoms with Crippen LogP contribution in [0.2, 0.25) is 0 Å². The van der Waals surface area contributed by atoms with Gasteiger partial charge in [-0.2, -0.15) is 0 Å². The van der Waals surface area contributed by atoms with Crippen molar-refractivity contribution in [3.8, 4) is 11.3 Å². The van der Waals surface area contributed by atoms with Crippen molar-refractivity contribution in [2.24, 2.45) is 0 Å². The van der Waals surface area contributed by atoms with Gasteiger partial charge in [-0.15, -0.1) is 0 Å². The van der Waals surface area contributed by atoms with E-state index >= 15 is 0 Å². The Kier molecular flexibility index (Phi) is 4.49. The summed E-state index contributed by atoms with van der Waals surface area (Å²) in [6.07, 6.45) is 3.25. The molecule has 5 heteroatoms. The smallest absolute Gasteiger partial charge is 0.259 e. The number of nitrogens with zero attached hydrogens (tertiary/aromatic N) is 1. The van der Waals surface area contributed by atoms with Crippen LogP contribution in [0.1, 0.15) is 21.5 Å². The number of amides is 1. The minimum Gasteiger partial charge on any atom is -0.455 e. The maximum absolute atomic E-state index is 12.9. The monoisotopic (exact) mass is 370 g/mol. The van der Waals surface area contributed by atoms with Gasteiger partial charge in [-0.1, -0.05) is 36.4 Å². The molecule has 0 aliphatic carbocycles. The Morgan fingerprint density at radius 2 is 1.79 bits per heavy atom. The number of aryl methyl sites for hydroxylation is 1. The van der Waals surface area contributed by atoms with E-state index < -0.39 is 0 Å². The summed E-state index contributed by atoms with van der Waals surface area (Å²) in [5.41, 5.74) is 3.24. The van der Waals surface area contributed by atoms with Gasteiger partial charge >= 0.3 is 0 Å². The molecule has 0 saturated carbocycles. The van der Waals surface area contributed by atoms with E-state index in [0.717, 1.165) is 11.1 Å². The number of nitrogens with one attached hydrogen (secondary N) is 1. The predicted octanol–water partition coefficient (Wildman–Crippen LogP) is 4.72. The fourth-order valence-electron chi connectivity index (χ4n) is 3.14. The zero-order valence-corrected chi connectivity index (χ0v) is 15.5. The van der Waals surface area contributed by atoms with Crippen molar-refractivity contribution in [1.82, 2.24) is 4.98 Å². The van der Waals surface area contributed by atoms with Gasteiger partial charge in [0.2, 0.25) is 0 Å². The molecule has 0 saturated heterocycles. The molecule has 0 bridgehead atoms. The number of rotatable bonds is 3. The van der Waals surface area contributed by atoms with Gasteiger partial charge in [0.25, 0.3) is 5.91 Å². The molecule has 1 N–H and O–H groups in total. The van der Waals surface area contributed by atoms with Crippen LogP contribution in [-0.2, 0) is 0 Å². The second-order valence-corrected chi connectivity index (χ2v) is 6.58. The van der Waals surface area contributed by atoms with Crippen molar-refractivity contribution in [2.75, 3.05) is 5.32 Å². The molecule has 0 aliphatic heterocycles. The summed E-state index contributed by atoms with van der Waals surface area (Å²) in [4.78, 5) is 29.9. The lowest BCUT2D eigenvalue weighted by Gasteiger charge is -2.11. The molecule has 2 aromatic carbocycles. The molecule has 4 aromatic rings. The van der Waals surface area contributed by atoms with E-state index in [0.29, 0.717) is 28.0 Å². The molecule has 0 spiro atoms. The standard InChI is InChI=1S/C23H18N2O3/c1-14-11-12-24-13-19(14)25-23(27)18-10-6-9-17-20(26)15(2)21(28-22(17)18)16-7-4-3-5-8-16/h3-13H,1-2H3,(H,25,27). The first kappa shape index (κ1) is 17.7. The first-order chi connectivity index (χ1) is 13.6. The number of para-hydroxylation sites is 1. The number of hydrogen-bond acceptors (Lipinski definition) is 4. The summed E-state index contributed by atoms with van der Waals surface area (Å²) in [6.45, 7) is 3.62. The number of fused-ring (bicyclic) bond motifs is 1. The first-order valence-corrected chi connectivity index (χ1v) is 8.90. The molecule has 2 aromatic heterocycles. The van der Waals surface area contributed by atoms with Gasteiger partial charge in [0, 0.05) is 17.3 Å². The predicted molar refractivity (Wildman–Crippen MR) is 110 cm³/mol. The SMILES string of the molecule is Cc1ccncc1NC(=O)c1cccc2c(=O)c(C)c(-c3ccccc3)oc12. The average molecular weight is 370 g/mol. The lowest BCUT2D eigenvalue weighted by molar-refractivity contribution is 0.102. The Morgan fingerprint density at radius 3 is 2.54 bits per heavy atom. The van der Waals surface area contributed by atoms with E-state index in [1.165, 1.54) is 0 Å². The largest absolute Gasteiger partial charge is 0.455 e. The quantitative estimate of drug-likeness (QED) is 0.566. The van der Waals surface area contributed by atoms with Crippen molar-refractivity contribution in [2.45, 2.75) is 13.8 Å². The maximum atomic E-state index is 12.9. The van der Waals surface area contributed by atoms with E-state index in [-0.39, 0.29) is 16.9 Å². The van der Waals surface area contributed by atoms with Crippen molar-refractivity contribution >= 4 is 22.6 Å². The highest BCUT2D eigenvalue weighted by Crippen LogP contribution is 2.27. The number of aromatic nitrogens is 1. The van der Waals surface area contributed by atoms with Crippen molar-refractivity contribution in [3.05, 3.63) is 93.9 Å². The molecule has 0 fully saturated rings. The van der Waals surface area contributed by atoms with Crippen LogP contribution in [0.15, 0.2) is 76.2 Å². The van der Waals surface area contributed by atoms with Crippen LogP contribution in [0.5, 0.6) is 0 Å². The molecule has 0 aliphatic rings. The lowest BCUT2D eigenvalue weighted by Crippen LogP contribution is -2.15. The third-order valence-electron chi connectivity index (χ3n) is 4.71. The van der Waals surface area contributed by atoms with Crippen LogP contribution in [0.4, 0.5) is 5.69 Å². The highest BCUT2D eigenvalue weighted by molar-refractivity contribution is 6.11. The molecule has 5 nitrogen and oxygen atoms in total. The van der Waals surface area contributed by atoms with Crippen LogP contribution in [0.3, 0.4) is 0 Å². The topological polar surface area (TPSA) is 72.2 Å². The summed E-state index contributed by atoms with van der Waals surface area (Å²) >= 11 is 0. The summed E-state index contributed by atoms with van der Waals surface area (Å²) in [5, 5.41) is 3.23. The van der Waals surface area contributed by atoms with Crippen molar-refractivity contribution in [1.29, 1.82) is 0 Å². The number of anilines is 1. The van der Waals surface area contributed by atoms with E-state index in [1.807, 2.05) is 43.3 Å². The number of pyridine rings is 1. The van der Waals surface area contributed by atoms with Crippen LogP contribution in [0.25, 0.3) is 22.3 Å². The van der Waals surface area contributed by atoms with E-state index in [4.69, 9.17) is 4.42 Å². The summed E-state index contributed by atoms with van der Waals surface area (Å²) in [7, 11) is 0. The van der Waals surface area contributed by atoms with E-state index in [9.17, 15) is 9.59 Å². The van der Waals surface area contributed by atoms with E-state index in [1.54, 1.807) is 37.5 Å². The van der Waals surface area contributed by atoms with Gasteiger partial charge in [0.1, 0.15) is 5.76 Å². The molecular weight excluding hydrogens is 352 g/mol. The van der Waals surface area contributed by atoms with Crippen LogP contribution >= 0.6 is 0 Å². The summed E-state index contributed by atoms with van der Waals surface area (Å²) in [5.74, 6) is 0.114. The van der Waals surface area contributed by atoms with Gasteiger partial charge < -0.3 is 9.73 Å². The third-order valence-corrected chi connectivity index (χ3v) is 4.71. The molecule has 0 unspecified atom stereocenters. The number of hydrogen-bond donors (Lipinski definition) is 1. The number of benzene rings is 2. The molecule has 4 rings (SSSR count). The highest BCUT2D eigenvalue weighted by Gasteiger charge is 2.18. The molecular formula is C23H18N2O3. The Bertz CT molecular complexity index is 1240. The minimum atomic E-state index is -0.354. The average Bonchev–Trinajstić information content (AvgIpc) is 2.72. The zero-order chi connectivity index (χ0) is 19.7. The third kappa shape index (κ3) is 3.07. The maximum Gasteiger partial charge on any atom is 0.259 e. The highest BCUT2D eigenvalue weighted by atomic mass is 16.3. The van der Waals surface area contributed by atoms with Gasteiger partial charge in [0.05, 0.1) is 22.8 Å². The Morgan fingerprint density at radius 1 is 1.00 bits per heavy atom. The molecule has 0 atom stereocenters. The Balaban J connectivity index is 1.88. The lowest BCUT2D eigenvalue weighted by atomic mass is 10.0. The Hall–Kier alpha value is -3.73. The fraction of sp³-hybridized carbons (Fsp3) is 0.0870. The van der Waals surface area contributed by atoms with Gasteiger partial charge in [-0.3, -0.25) is 14.6 Å². The summed E-state index contributed by atoms with van der Waals surface area (Å²) in [6, 6.07) is 16.2. The van der Waals surface area contributed by atoms with Crippen LogP contribution in [-0.4, -0.2) is 10.9 Å². The summed E-state index contributed by atoms with van der Waals surface area (Å²) < 4.78 is 6.10. The van der Waals surface area contributed by atoms with Crippen molar-refractivity contribution in [3.63, 3.8) is 0 Å². The fourth-order valence-corrected chi connectivity index (χ4v) is 3.14. The first-order valence-electron chi connectivity index (χ1n) is 8.90. The van der Waals surface area contributed by atoms with Crippen LogP contribution < -0.4 is 10.7 Å². The van der Waals surface area contributed by atoms with Gasteiger partial charge in [0.15, 0.2) is 11.0 Å². The molecule has 138 valence electrons.